The predicted octanol–water partition coefficient (Wildman–Crippen LogP) is 3.83. The zero-order valence-corrected chi connectivity index (χ0v) is 12.8. The molecule has 0 aliphatic rings. The van der Waals surface area contributed by atoms with Gasteiger partial charge in [-0.15, -0.1) is 0 Å². The van der Waals surface area contributed by atoms with Crippen molar-refractivity contribution in [1.82, 2.24) is 14.8 Å². The molecule has 0 atom stereocenters. The van der Waals surface area contributed by atoms with Crippen LogP contribution in [0.15, 0.2) is 47.3 Å². The second kappa shape index (κ2) is 5.63. The highest BCUT2D eigenvalue weighted by molar-refractivity contribution is 9.10. The molecule has 1 aromatic carbocycles. The van der Waals surface area contributed by atoms with E-state index in [-0.39, 0.29) is 0 Å². The van der Waals surface area contributed by atoms with E-state index < -0.39 is 0 Å². The lowest BCUT2D eigenvalue weighted by Crippen LogP contribution is -2.00. The van der Waals surface area contributed by atoms with Crippen molar-refractivity contribution >= 4 is 32.5 Å². The molecule has 0 aliphatic heterocycles. The molecule has 0 saturated heterocycles. The summed E-state index contributed by atoms with van der Waals surface area (Å²) in [6, 6.07) is 8.19. The number of pyridine rings is 1. The topological polar surface area (TPSA) is 42.7 Å². The molecule has 102 valence electrons. The zero-order valence-electron chi connectivity index (χ0n) is 11.2. The first-order valence-corrected chi connectivity index (χ1v) is 7.35. The standard InChI is InChI=1S/C15H15BrN4/c1-2-20-10-12(9-19-20)18-8-11-5-6-14(16)13-4-3-7-17-15(11)13/h3-7,9-10,18H,2,8H2,1H3. The monoisotopic (exact) mass is 330 g/mol. The second-order valence-corrected chi connectivity index (χ2v) is 5.40. The van der Waals surface area contributed by atoms with Gasteiger partial charge in [0.2, 0.25) is 0 Å². The number of anilines is 1. The van der Waals surface area contributed by atoms with Crippen molar-refractivity contribution in [3.8, 4) is 0 Å². The van der Waals surface area contributed by atoms with Crippen molar-refractivity contribution in [2.24, 2.45) is 0 Å². The van der Waals surface area contributed by atoms with Crippen LogP contribution < -0.4 is 5.32 Å². The van der Waals surface area contributed by atoms with E-state index in [2.05, 4.69) is 56.5 Å². The van der Waals surface area contributed by atoms with Gasteiger partial charge in [-0.25, -0.2) is 0 Å². The van der Waals surface area contributed by atoms with Gasteiger partial charge in [0.25, 0.3) is 0 Å². The minimum Gasteiger partial charge on any atom is -0.378 e. The quantitative estimate of drug-likeness (QED) is 0.790. The van der Waals surface area contributed by atoms with Gasteiger partial charge in [0.05, 0.1) is 17.4 Å². The number of rotatable bonds is 4. The normalized spacial score (nSPS) is 10.9. The number of aromatic nitrogens is 3. The Bertz CT molecular complexity index is 736. The number of hydrogen-bond donors (Lipinski definition) is 1. The smallest absolute Gasteiger partial charge is 0.0763 e. The largest absolute Gasteiger partial charge is 0.378 e. The minimum absolute atomic E-state index is 0.732. The molecule has 0 fully saturated rings. The van der Waals surface area contributed by atoms with E-state index >= 15 is 0 Å². The number of hydrogen-bond acceptors (Lipinski definition) is 3. The third kappa shape index (κ3) is 2.54. The van der Waals surface area contributed by atoms with Crippen LogP contribution >= 0.6 is 15.9 Å². The molecule has 2 aromatic heterocycles. The molecule has 0 aliphatic carbocycles. The maximum Gasteiger partial charge on any atom is 0.0763 e. The molecule has 20 heavy (non-hydrogen) atoms. The number of nitrogens with zero attached hydrogens (tertiary/aromatic N) is 3. The fourth-order valence-electron chi connectivity index (χ4n) is 2.16. The maximum atomic E-state index is 4.48. The Morgan fingerprint density at radius 2 is 2.20 bits per heavy atom. The van der Waals surface area contributed by atoms with Gasteiger partial charge in [0, 0.05) is 35.3 Å². The van der Waals surface area contributed by atoms with Crippen LogP contribution in [0.1, 0.15) is 12.5 Å². The van der Waals surface area contributed by atoms with E-state index in [1.165, 1.54) is 5.56 Å². The molecule has 2 heterocycles. The van der Waals surface area contributed by atoms with Crippen LogP contribution in [0, 0.1) is 0 Å². The Labute approximate surface area is 126 Å². The van der Waals surface area contributed by atoms with E-state index in [4.69, 9.17) is 0 Å². The predicted molar refractivity (Wildman–Crippen MR) is 84.7 cm³/mol. The maximum absolute atomic E-state index is 4.48. The fourth-order valence-corrected chi connectivity index (χ4v) is 2.62. The summed E-state index contributed by atoms with van der Waals surface area (Å²) < 4.78 is 2.98. The molecule has 0 radical (unpaired) electrons. The molecular weight excluding hydrogens is 316 g/mol. The Morgan fingerprint density at radius 3 is 3.00 bits per heavy atom. The molecule has 0 saturated carbocycles. The fraction of sp³-hybridized carbons (Fsp3) is 0.200. The molecule has 0 spiro atoms. The summed E-state index contributed by atoms with van der Waals surface area (Å²) in [5, 5.41) is 8.78. The average Bonchev–Trinajstić information content (AvgIpc) is 2.95. The molecule has 3 aromatic rings. The summed E-state index contributed by atoms with van der Waals surface area (Å²) in [5.74, 6) is 0. The molecule has 4 nitrogen and oxygen atoms in total. The Hall–Kier alpha value is -1.88. The molecule has 1 N–H and O–H groups in total. The average molecular weight is 331 g/mol. The summed E-state index contributed by atoms with van der Waals surface area (Å²) in [6.45, 7) is 3.68. The van der Waals surface area contributed by atoms with Gasteiger partial charge in [0.15, 0.2) is 0 Å². The molecular formula is C15H15BrN4. The van der Waals surface area contributed by atoms with Gasteiger partial charge in [-0.05, 0) is 24.6 Å². The first-order chi connectivity index (χ1) is 9.78. The first-order valence-electron chi connectivity index (χ1n) is 6.56. The highest BCUT2D eigenvalue weighted by Gasteiger charge is 2.05. The second-order valence-electron chi connectivity index (χ2n) is 4.54. The Morgan fingerprint density at radius 1 is 1.30 bits per heavy atom. The van der Waals surface area contributed by atoms with Crippen molar-refractivity contribution in [1.29, 1.82) is 0 Å². The lowest BCUT2D eigenvalue weighted by atomic mass is 10.1. The van der Waals surface area contributed by atoms with Crippen molar-refractivity contribution < 1.29 is 0 Å². The minimum atomic E-state index is 0.732. The first kappa shape index (κ1) is 13.1. The lowest BCUT2D eigenvalue weighted by Gasteiger charge is -2.08. The number of aryl methyl sites for hydroxylation is 1. The van der Waals surface area contributed by atoms with E-state index in [1.54, 1.807) is 0 Å². The summed E-state index contributed by atoms with van der Waals surface area (Å²) in [6.07, 6.45) is 5.68. The van der Waals surface area contributed by atoms with E-state index in [0.29, 0.717) is 0 Å². The highest BCUT2D eigenvalue weighted by atomic mass is 79.9. The van der Waals surface area contributed by atoms with Gasteiger partial charge in [-0.1, -0.05) is 28.1 Å². The van der Waals surface area contributed by atoms with Crippen LogP contribution in [0.25, 0.3) is 10.9 Å². The lowest BCUT2D eigenvalue weighted by molar-refractivity contribution is 0.660. The van der Waals surface area contributed by atoms with Crippen LogP contribution in [0.5, 0.6) is 0 Å². The van der Waals surface area contributed by atoms with Gasteiger partial charge in [-0.2, -0.15) is 5.10 Å². The molecule has 5 heteroatoms. The van der Waals surface area contributed by atoms with Gasteiger partial charge in [-0.3, -0.25) is 9.67 Å². The van der Waals surface area contributed by atoms with Crippen molar-refractivity contribution in [3.05, 3.63) is 52.9 Å². The van der Waals surface area contributed by atoms with Gasteiger partial charge >= 0.3 is 0 Å². The number of halogens is 1. The zero-order chi connectivity index (χ0) is 13.9. The summed E-state index contributed by atoms with van der Waals surface area (Å²) in [5.41, 5.74) is 3.23. The number of nitrogens with one attached hydrogen (secondary N) is 1. The molecule has 0 amide bonds. The van der Waals surface area contributed by atoms with Crippen molar-refractivity contribution in [3.63, 3.8) is 0 Å². The highest BCUT2D eigenvalue weighted by Crippen LogP contribution is 2.25. The van der Waals surface area contributed by atoms with Crippen LogP contribution in [-0.2, 0) is 13.1 Å². The summed E-state index contributed by atoms with van der Waals surface area (Å²) in [4.78, 5) is 4.48. The van der Waals surface area contributed by atoms with Crippen LogP contribution in [0.3, 0.4) is 0 Å². The van der Waals surface area contributed by atoms with Crippen LogP contribution in [0.4, 0.5) is 5.69 Å². The van der Waals surface area contributed by atoms with E-state index in [9.17, 15) is 0 Å². The third-order valence-corrected chi connectivity index (χ3v) is 3.93. The number of fused-ring (bicyclic) bond motifs is 1. The molecule has 0 bridgehead atoms. The summed E-state index contributed by atoms with van der Waals surface area (Å²) in [7, 11) is 0. The van der Waals surface area contributed by atoms with Crippen molar-refractivity contribution in [2.45, 2.75) is 20.0 Å². The molecule has 0 unspecified atom stereocenters. The van der Waals surface area contributed by atoms with Crippen molar-refractivity contribution in [2.75, 3.05) is 5.32 Å². The van der Waals surface area contributed by atoms with E-state index in [1.807, 2.05) is 29.3 Å². The van der Waals surface area contributed by atoms with Crippen LogP contribution in [0.2, 0.25) is 0 Å². The number of benzene rings is 1. The Kier molecular flexibility index (Phi) is 3.69. The molecule has 3 rings (SSSR count). The SMILES string of the molecule is CCn1cc(NCc2ccc(Br)c3cccnc23)cn1. The summed E-state index contributed by atoms with van der Waals surface area (Å²) >= 11 is 3.57. The van der Waals surface area contributed by atoms with Crippen LogP contribution in [-0.4, -0.2) is 14.8 Å². The third-order valence-electron chi connectivity index (χ3n) is 3.24. The van der Waals surface area contributed by atoms with Gasteiger partial charge < -0.3 is 5.32 Å². The Balaban J connectivity index is 1.86. The van der Waals surface area contributed by atoms with E-state index in [0.717, 1.165) is 34.2 Å². The van der Waals surface area contributed by atoms with Gasteiger partial charge in [0.1, 0.15) is 0 Å².